The number of amides is 1. The highest BCUT2D eigenvalue weighted by molar-refractivity contribution is 5.92. The summed E-state index contributed by atoms with van der Waals surface area (Å²) in [6.07, 6.45) is 5.58. The Morgan fingerprint density at radius 2 is 2.07 bits per heavy atom. The van der Waals surface area contributed by atoms with Crippen LogP contribution in [-0.2, 0) is 13.6 Å². The minimum Gasteiger partial charge on any atom is -0.354 e. The van der Waals surface area contributed by atoms with E-state index in [0.717, 1.165) is 42.4 Å². The van der Waals surface area contributed by atoms with Crippen LogP contribution in [0.5, 0.6) is 0 Å². The lowest BCUT2D eigenvalue weighted by atomic mass is 9.99. The molecular formula is C21H28N6O. The molecule has 0 bridgehead atoms. The van der Waals surface area contributed by atoms with E-state index in [-0.39, 0.29) is 11.9 Å². The normalized spacial score (nSPS) is 17.9. The average molecular weight is 380 g/mol. The third-order valence-corrected chi connectivity index (χ3v) is 5.75. The standard InChI is InChI=1S/C21H28N6O/c1-14-11-15(2)27-13-16(24-21(27)23-14)12-26-10-6-5-7-18(26)17-8-9-19(25(17)4)20(28)22-3/h8-9,11,13,18H,5-7,10,12H2,1-4H3,(H,22,28)/t18-/m0/s1. The summed E-state index contributed by atoms with van der Waals surface area (Å²) >= 11 is 0. The van der Waals surface area contributed by atoms with Crippen molar-refractivity contribution in [2.75, 3.05) is 13.6 Å². The predicted molar refractivity (Wildman–Crippen MR) is 108 cm³/mol. The SMILES string of the molecule is CNC(=O)c1ccc([C@@H]2CCCCN2Cc2cn3c(C)cc(C)nc3n2)n1C. The molecule has 1 aliphatic rings. The van der Waals surface area contributed by atoms with Gasteiger partial charge in [0, 0.05) is 43.9 Å². The van der Waals surface area contributed by atoms with Gasteiger partial charge in [-0.1, -0.05) is 6.42 Å². The third kappa shape index (κ3) is 3.30. The molecule has 148 valence electrons. The molecule has 1 aliphatic heterocycles. The van der Waals surface area contributed by atoms with Gasteiger partial charge >= 0.3 is 0 Å². The molecule has 0 radical (unpaired) electrons. The van der Waals surface area contributed by atoms with Crippen molar-refractivity contribution in [3.8, 4) is 0 Å². The maximum absolute atomic E-state index is 12.1. The number of piperidine rings is 1. The van der Waals surface area contributed by atoms with Crippen molar-refractivity contribution in [2.45, 2.75) is 45.7 Å². The zero-order valence-electron chi connectivity index (χ0n) is 17.1. The van der Waals surface area contributed by atoms with Crippen molar-refractivity contribution in [1.29, 1.82) is 0 Å². The Morgan fingerprint density at radius 1 is 1.25 bits per heavy atom. The van der Waals surface area contributed by atoms with Gasteiger partial charge in [0.05, 0.1) is 11.7 Å². The quantitative estimate of drug-likeness (QED) is 0.756. The largest absolute Gasteiger partial charge is 0.354 e. The summed E-state index contributed by atoms with van der Waals surface area (Å²) in [5.41, 5.74) is 5.06. The first kappa shape index (κ1) is 18.7. The number of imidazole rings is 1. The Kier molecular flexibility index (Phi) is 4.93. The summed E-state index contributed by atoms with van der Waals surface area (Å²) in [6, 6.07) is 6.37. The van der Waals surface area contributed by atoms with Crippen molar-refractivity contribution < 1.29 is 4.79 Å². The summed E-state index contributed by atoms with van der Waals surface area (Å²) in [7, 11) is 3.65. The minimum absolute atomic E-state index is 0.0478. The van der Waals surface area contributed by atoms with Crippen molar-refractivity contribution >= 4 is 11.7 Å². The molecule has 1 N–H and O–H groups in total. The number of fused-ring (bicyclic) bond motifs is 1. The first-order valence-corrected chi connectivity index (χ1v) is 9.92. The van der Waals surface area contributed by atoms with Gasteiger partial charge in [-0.15, -0.1) is 0 Å². The van der Waals surface area contributed by atoms with Gasteiger partial charge in [-0.3, -0.25) is 14.1 Å². The van der Waals surface area contributed by atoms with E-state index in [1.807, 2.05) is 24.6 Å². The Hall–Kier alpha value is -2.67. The van der Waals surface area contributed by atoms with Gasteiger partial charge in [0.15, 0.2) is 0 Å². The molecule has 0 aliphatic carbocycles. The Balaban J connectivity index is 1.62. The molecule has 3 aromatic heterocycles. The number of aryl methyl sites for hydroxylation is 2. The molecule has 1 atom stereocenters. The summed E-state index contributed by atoms with van der Waals surface area (Å²) in [6.45, 7) is 5.90. The number of rotatable bonds is 4. The van der Waals surface area contributed by atoms with Crippen molar-refractivity contribution in [3.05, 3.63) is 52.9 Å². The number of hydrogen-bond acceptors (Lipinski definition) is 4. The number of carbonyl (C=O) groups is 1. The van der Waals surface area contributed by atoms with E-state index < -0.39 is 0 Å². The highest BCUT2D eigenvalue weighted by atomic mass is 16.1. The fourth-order valence-corrected chi connectivity index (χ4v) is 4.34. The van der Waals surface area contributed by atoms with E-state index in [2.05, 4.69) is 44.9 Å². The minimum atomic E-state index is -0.0478. The first-order chi connectivity index (χ1) is 13.5. The van der Waals surface area contributed by atoms with Gasteiger partial charge in [0.2, 0.25) is 5.78 Å². The van der Waals surface area contributed by atoms with Crippen LogP contribution in [-0.4, -0.2) is 43.3 Å². The van der Waals surface area contributed by atoms with Crippen LogP contribution in [0.25, 0.3) is 5.78 Å². The van der Waals surface area contributed by atoms with Gasteiger partial charge in [0.25, 0.3) is 5.91 Å². The lowest BCUT2D eigenvalue weighted by molar-refractivity contribution is 0.0952. The Morgan fingerprint density at radius 3 is 2.86 bits per heavy atom. The maximum Gasteiger partial charge on any atom is 0.267 e. The molecule has 3 aromatic rings. The lowest BCUT2D eigenvalue weighted by Gasteiger charge is -2.35. The van der Waals surface area contributed by atoms with Crippen molar-refractivity contribution in [3.63, 3.8) is 0 Å². The van der Waals surface area contributed by atoms with Gasteiger partial charge in [0.1, 0.15) is 5.69 Å². The monoisotopic (exact) mass is 380 g/mol. The summed E-state index contributed by atoms with van der Waals surface area (Å²) < 4.78 is 4.09. The van der Waals surface area contributed by atoms with Crippen LogP contribution in [0.15, 0.2) is 24.4 Å². The van der Waals surface area contributed by atoms with Crippen LogP contribution in [0.1, 0.15) is 58.6 Å². The van der Waals surface area contributed by atoms with E-state index in [4.69, 9.17) is 4.98 Å². The number of carbonyl (C=O) groups excluding carboxylic acids is 1. The molecule has 0 saturated carbocycles. The Labute approximate surface area is 165 Å². The fraction of sp³-hybridized carbons (Fsp3) is 0.476. The number of aromatic nitrogens is 4. The van der Waals surface area contributed by atoms with Crippen LogP contribution >= 0.6 is 0 Å². The second-order valence-corrected chi connectivity index (χ2v) is 7.70. The van der Waals surface area contributed by atoms with E-state index in [1.54, 1.807) is 7.05 Å². The van der Waals surface area contributed by atoms with E-state index >= 15 is 0 Å². The molecular weight excluding hydrogens is 352 g/mol. The fourth-order valence-electron chi connectivity index (χ4n) is 4.34. The number of nitrogens with one attached hydrogen (secondary N) is 1. The van der Waals surface area contributed by atoms with E-state index in [0.29, 0.717) is 5.69 Å². The topological polar surface area (TPSA) is 67.5 Å². The molecule has 0 unspecified atom stereocenters. The molecule has 0 spiro atoms. The molecule has 4 heterocycles. The zero-order chi connectivity index (χ0) is 19.8. The van der Waals surface area contributed by atoms with Crippen LogP contribution in [0.3, 0.4) is 0 Å². The molecule has 7 nitrogen and oxygen atoms in total. The van der Waals surface area contributed by atoms with Crippen molar-refractivity contribution in [1.82, 2.24) is 29.2 Å². The smallest absolute Gasteiger partial charge is 0.267 e. The molecule has 1 amide bonds. The summed E-state index contributed by atoms with van der Waals surface area (Å²) in [5, 5.41) is 2.72. The maximum atomic E-state index is 12.1. The number of likely N-dealkylation sites (tertiary alicyclic amines) is 1. The Bertz CT molecular complexity index is 1020. The van der Waals surface area contributed by atoms with Crippen LogP contribution in [0.4, 0.5) is 0 Å². The van der Waals surface area contributed by atoms with Gasteiger partial charge in [-0.25, -0.2) is 9.97 Å². The zero-order valence-corrected chi connectivity index (χ0v) is 17.1. The van der Waals surface area contributed by atoms with Crippen molar-refractivity contribution in [2.24, 2.45) is 7.05 Å². The van der Waals surface area contributed by atoms with Gasteiger partial charge in [-0.2, -0.15) is 0 Å². The highest BCUT2D eigenvalue weighted by Gasteiger charge is 2.28. The molecule has 0 aromatic carbocycles. The molecule has 28 heavy (non-hydrogen) atoms. The molecule has 7 heteroatoms. The van der Waals surface area contributed by atoms with E-state index in [1.165, 1.54) is 18.5 Å². The van der Waals surface area contributed by atoms with Gasteiger partial charge in [-0.05, 0) is 51.4 Å². The first-order valence-electron chi connectivity index (χ1n) is 9.92. The highest BCUT2D eigenvalue weighted by Crippen LogP contribution is 2.33. The molecule has 1 fully saturated rings. The molecule has 1 saturated heterocycles. The predicted octanol–water partition coefficient (Wildman–Crippen LogP) is 2.77. The summed E-state index contributed by atoms with van der Waals surface area (Å²) in [5.74, 6) is 0.718. The average Bonchev–Trinajstić information content (AvgIpc) is 3.25. The third-order valence-electron chi connectivity index (χ3n) is 5.75. The van der Waals surface area contributed by atoms with Gasteiger partial charge < -0.3 is 9.88 Å². The van der Waals surface area contributed by atoms with Crippen LogP contribution in [0.2, 0.25) is 0 Å². The second kappa shape index (κ2) is 7.39. The van der Waals surface area contributed by atoms with Crippen LogP contribution < -0.4 is 5.32 Å². The molecule has 4 rings (SSSR count). The number of hydrogen-bond donors (Lipinski definition) is 1. The second-order valence-electron chi connectivity index (χ2n) is 7.70. The van der Waals surface area contributed by atoms with E-state index in [9.17, 15) is 4.79 Å². The summed E-state index contributed by atoms with van der Waals surface area (Å²) in [4.78, 5) is 23.9. The lowest BCUT2D eigenvalue weighted by Crippen LogP contribution is -2.34. The number of nitrogens with zero attached hydrogens (tertiary/aromatic N) is 5. The van der Waals surface area contributed by atoms with Crippen LogP contribution in [0, 0.1) is 13.8 Å².